The second-order valence-corrected chi connectivity index (χ2v) is 4.27. The normalized spacial score (nSPS) is 10.0. The molecule has 0 fully saturated rings. The standard InChI is InChI=1S/C14H15N3O4/c1-9-5-11(18)12(7-15-9)21-8-13(19)17-10-3-4-14(20-2)16-6-10/h3-7H,8H2,1-2H3,(H,15,18)(H,17,19). The lowest BCUT2D eigenvalue weighted by molar-refractivity contribution is -0.118. The quantitative estimate of drug-likeness (QED) is 0.860. The van der Waals surface area contributed by atoms with Crippen LogP contribution in [0.25, 0.3) is 0 Å². The molecule has 2 aromatic rings. The van der Waals surface area contributed by atoms with Crippen molar-refractivity contribution in [3.05, 3.63) is 46.5 Å². The van der Waals surface area contributed by atoms with Gasteiger partial charge in [0.15, 0.2) is 12.4 Å². The molecule has 7 heteroatoms. The van der Waals surface area contributed by atoms with Crippen LogP contribution in [-0.4, -0.2) is 29.6 Å². The summed E-state index contributed by atoms with van der Waals surface area (Å²) in [4.78, 5) is 30.1. The first-order chi connectivity index (χ1) is 10.1. The summed E-state index contributed by atoms with van der Waals surface area (Å²) in [5.41, 5.74) is 0.966. The van der Waals surface area contributed by atoms with E-state index in [1.807, 2.05) is 0 Å². The largest absolute Gasteiger partial charge is 0.481 e. The number of carbonyl (C=O) groups excluding carboxylic acids is 1. The van der Waals surface area contributed by atoms with Crippen LogP contribution in [0.2, 0.25) is 0 Å². The van der Waals surface area contributed by atoms with Crippen molar-refractivity contribution in [1.29, 1.82) is 0 Å². The molecular weight excluding hydrogens is 274 g/mol. The summed E-state index contributed by atoms with van der Waals surface area (Å²) in [5, 5.41) is 2.60. The van der Waals surface area contributed by atoms with Gasteiger partial charge in [-0.2, -0.15) is 0 Å². The molecule has 0 atom stereocenters. The number of H-pyrrole nitrogens is 1. The Morgan fingerprint density at radius 1 is 1.43 bits per heavy atom. The highest BCUT2D eigenvalue weighted by molar-refractivity contribution is 5.91. The lowest BCUT2D eigenvalue weighted by Gasteiger charge is -2.07. The van der Waals surface area contributed by atoms with Crippen LogP contribution in [0.1, 0.15) is 5.69 Å². The first-order valence-electron chi connectivity index (χ1n) is 6.20. The molecule has 1 amide bonds. The Labute approximate surface area is 120 Å². The van der Waals surface area contributed by atoms with Crippen LogP contribution >= 0.6 is 0 Å². The van der Waals surface area contributed by atoms with Crippen LogP contribution in [0.15, 0.2) is 35.4 Å². The number of methoxy groups -OCH3 is 1. The molecule has 2 rings (SSSR count). The summed E-state index contributed by atoms with van der Waals surface area (Å²) < 4.78 is 10.1. The molecule has 0 bridgehead atoms. The summed E-state index contributed by atoms with van der Waals surface area (Å²) in [6.07, 6.45) is 2.90. The average molecular weight is 289 g/mol. The van der Waals surface area contributed by atoms with Crippen molar-refractivity contribution in [3.8, 4) is 11.6 Å². The SMILES string of the molecule is COc1ccc(NC(=O)COc2c[nH]c(C)cc2=O)cn1. The molecule has 0 spiro atoms. The fraction of sp³-hybridized carbons (Fsp3) is 0.214. The summed E-state index contributed by atoms with van der Waals surface area (Å²) in [7, 11) is 1.51. The Morgan fingerprint density at radius 2 is 2.24 bits per heavy atom. The number of carbonyl (C=O) groups is 1. The molecule has 0 aliphatic carbocycles. The minimum Gasteiger partial charge on any atom is -0.481 e. The van der Waals surface area contributed by atoms with E-state index in [1.54, 1.807) is 19.1 Å². The van der Waals surface area contributed by atoms with E-state index in [0.717, 1.165) is 5.69 Å². The van der Waals surface area contributed by atoms with Crippen LogP contribution < -0.4 is 20.2 Å². The number of amides is 1. The third-order valence-electron chi connectivity index (χ3n) is 2.61. The number of anilines is 1. The van der Waals surface area contributed by atoms with E-state index in [2.05, 4.69) is 15.3 Å². The maximum atomic E-state index is 11.7. The van der Waals surface area contributed by atoms with Gasteiger partial charge < -0.3 is 19.8 Å². The lowest BCUT2D eigenvalue weighted by Crippen LogP contribution is -2.22. The molecule has 0 aliphatic rings. The van der Waals surface area contributed by atoms with E-state index in [9.17, 15) is 9.59 Å². The zero-order valence-corrected chi connectivity index (χ0v) is 11.7. The second kappa shape index (κ2) is 6.56. The van der Waals surface area contributed by atoms with Gasteiger partial charge in [-0.15, -0.1) is 0 Å². The van der Waals surface area contributed by atoms with E-state index in [4.69, 9.17) is 9.47 Å². The molecule has 110 valence electrons. The number of hydrogen-bond acceptors (Lipinski definition) is 5. The number of pyridine rings is 2. The van der Waals surface area contributed by atoms with Gasteiger partial charge in [-0.25, -0.2) is 4.98 Å². The Bertz CT molecular complexity index is 679. The van der Waals surface area contributed by atoms with Crippen molar-refractivity contribution in [2.75, 3.05) is 19.0 Å². The zero-order chi connectivity index (χ0) is 15.2. The van der Waals surface area contributed by atoms with Gasteiger partial charge >= 0.3 is 0 Å². The van der Waals surface area contributed by atoms with E-state index >= 15 is 0 Å². The molecular formula is C14H15N3O4. The third-order valence-corrected chi connectivity index (χ3v) is 2.61. The third kappa shape index (κ3) is 4.07. The van der Waals surface area contributed by atoms with Crippen LogP contribution in [0.4, 0.5) is 5.69 Å². The number of ether oxygens (including phenoxy) is 2. The van der Waals surface area contributed by atoms with E-state index < -0.39 is 0 Å². The zero-order valence-electron chi connectivity index (χ0n) is 11.7. The number of nitrogens with one attached hydrogen (secondary N) is 2. The fourth-order valence-corrected chi connectivity index (χ4v) is 1.59. The Balaban J connectivity index is 1.91. The molecule has 2 aromatic heterocycles. The monoisotopic (exact) mass is 289 g/mol. The molecule has 0 radical (unpaired) electrons. The minimum atomic E-state index is -0.387. The maximum Gasteiger partial charge on any atom is 0.262 e. The summed E-state index contributed by atoms with van der Waals surface area (Å²) in [6, 6.07) is 4.68. The van der Waals surface area contributed by atoms with Gasteiger partial charge in [-0.1, -0.05) is 0 Å². The second-order valence-electron chi connectivity index (χ2n) is 4.27. The van der Waals surface area contributed by atoms with Crippen LogP contribution in [0, 0.1) is 6.92 Å². The number of hydrogen-bond donors (Lipinski definition) is 2. The topological polar surface area (TPSA) is 93.3 Å². The molecule has 21 heavy (non-hydrogen) atoms. The first-order valence-corrected chi connectivity index (χ1v) is 6.20. The van der Waals surface area contributed by atoms with Gasteiger partial charge in [-0.3, -0.25) is 9.59 Å². The van der Waals surface area contributed by atoms with Crippen molar-refractivity contribution >= 4 is 11.6 Å². The molecule has 2 N–H and O–H groups in total. The van der Waals surface area contributed by atoms with Crippen molar-refractivity contribution in [2.24, 2.45) is 0 Å². The number of rotatable bonds is 5. The smallest absolute Gasteiger partial charge is 0.262 e. The molecule has 0 aromatic carbocycles. The highest BCUT2D eigenvalue weighted by Gasteiger charge is 2.06. The number of aromatic nitrogens is 2. The predicted molar refractivity (Wildman–Crippen MR) is 76.7 cm³/mol. The van der Waals surface area contributed by atoms with Gasteiger partial charge in [0.25, 0.3) is 5.91 Å². The van der Waals surface area contributed by atoms with Crippen LogP contribution in [0.3, 0.4) is 0 Å². The maximum absolute atomic E-state index is 11.7. The Morgan fingerprint density at radius 3 is 2.86 bits per heavy atom. The molecule has 0 aliphatic heterocycles. The van der Waals surface area contributed by atoms with Gasteiger partial charge in [0.1, 0.15) is 0 Å². The first kappa shape index (κ1) is 14.6. The average Bonchev–Trinajstić information content (AvgIpc) is 2.47. The summed E-state index contributed by atoms with van der Waals surface area (Å²) in [6.45, 7) is 1.49. The number of aryl methyl sites for hydroxylation is 1. The fourth-order valence-electron chi connectivity index (χ4n) is 1.59. The minimum absolute atomic E-state index is 0.101. The van der Waals surface area contributed by atoms with Crippen molar-refractivity contribution < 1.29 is 14.3 Å². The molecule has 0 saturated heterocycles. The lowest BCUT2D eigenvalue weighted by atomic mass is 10.3. The predicted octanol–water partition coefficient (Wildman–Crippen LogP) is 1.10. The van der Waals surface area contributed by atoms with E-state index in [1.165, 1.54) is 25.6 Å². The van der Waals surface area contributed by atoms with Crippen LogP contribution in [-0.2, 0) is 4.79 Å². The van der Waals surface area contributed by atoms with Crippen molar-refractivity contribution in [1.82, 2.24) is 9.97 Å². The van der Waals surface area contributed by atoms with Gasteiger partial charge in [0.2, 0.25) is 11.3 Å². The number of nitrogens with zero attached hydrogens (tertiary/aromatic N) is 1. The molecule has 7 nitrogen and oxygen atoms in total. The highest BCUT2D eigenvalue weighted by Crippen LogP contribution is 2.10. The van der Waals surface area contributed by atoms with Crippen molar-refractivity contribution in [2.45, 2.75) is 6.92 Å². The molecule has 0 unspecified atom stereocenters. The summed E-state index contributed by atoms with van der Waals surface area (Å²) >= 11 is 0. The van der Waals surface area contributed by atoms with Gasteiger partial charge in [-0.05, 0) is 13.0 Å². The van der Waals surface area contributed by atoms with E-state index in [-0.39, 0.29) is 23.7 Å². The van der Waals surface area contributed by atoms with E-state index in [0.29, 0.717) is 11.6 Å². The Hall–Kier alpha value is -2.83. The van der Waals surface area contributed by atoms with Gasteiger partial charge in [0, 0.05) is 24.0 Å². The molecule has 2 heterocycles. The highest BCUT2D eigenvalue weighted by atomic mass is 16.5. The number of aromatic amines is 1. The van der Waals surface area contributed by atoms with Gasteiger partial charge in [0.05, 0.1) is 19.0 Å². The molecule has 0 saturated carbocycles. The summed E-state index contributed by atoms with van der Waals surface area (Å²) in [5.74, 6) is 0.168. The van der Waals surface area contributed by atoms with Crippen molar-refractivity contribution in [3.63, 3.8) is 0 Å². The van der Waals surface area contributed by atoms with Crippen LogP contribution in [0.5, 0.6) is 11.6 Å². The Kier molecular flexibility index (Phi) is 4.55.